The molecule has 5 aliphatic heterocycles. The Morgan fingerprint density at radius 3 is 1.57 bits per heavy atom. The number of Topliss-reactive ketones (excluding diaryl/α,β-unsaturated/α-hetero) is 3. The lowest BCUT2D eigenvalue weighted by molar-refractivity contribution is -0.121. The van der Waals surface area contributed by atoms with Crippen molar-refractivity contribution in [3.63, 3.8) is 0 Å². The SMILES string of the molecule is C.C=CCCCC(=O)c1ccc2c(C3CCCCC3)c(-c3ccc(OCc4cc(N5CCCC5=O)ccc4N4CCOCC4)cc3)n(CC(=O)NCCC=C)c2c1.O=C1CCC/C=C\CCCC(=O)c2ccc3c(C4CCCCC4)c(-c4ccc(OCc5cc(N6CCCC6=O)ccc5N5CCOCC5)cc4)n(c3c2)C1. The highest BCUT2D eigenvalue weighted by Crippen LogP contribution is 2.48. The number of nitrogens with zero attached hydrogens (tertiary/aromatic N) is 6. The van der Waals surface area contributed by atoms with E-state index in [0.29, 0.717) is 109 Å². The number of hydrogen-bond acceptors (Lipinski definition) is 12. The summed E-state index contributed by atoms with van der Waals surface area (Å²) in [6.07, 6.45) is 29.8. The molecule has 8 aromatic rings. The predicted octanol–water partition coefficient (Wildman–Crippen LogP) is 19.3. The molecule has 7 heterocycles. The third kappa shape index (κ3) is 19.0. The fourth-order valence-electron chi connectivity index (χ4n) is 17.7. The molecule has 0 spiro atoms. The summed E-state index contributed by atoms with van der Waals surface area (Å²) in [5.41, 5.74) is 16.2. The quantitative estimate of drug-likeness (QED) is 0.0345. The van der Waals surface area contributed by atoms with Crippen LogP contribution in [0.25, 0.3) is 44.3 Å². The average molecular weight is 1500 g/mol. The lowest BCUT2D eigenvalue weighted by Crippen LogP contribution is -2.37. The van der Waals surface area contributed by atoms with Crippen LogP contribution in [0.1, 0.15) is 216 Å². The van der Waals surface area contributed by atoms with E-state index in [9.17, 15) is 28.8 Å². The monoisotopic (exact) mass is 1500 g/mol. The molecule has 17 nitrogen and oxygen atoms in total. The van der Waals surface area contributed by atoms with E-state index in [1.807, 2.05) is 58.3 Å². The van der Waals surface area contributed by atoms with Gasteiger partial charge >= 0.3 is 0 Å². The molecule has 111 heavy (non-hydrogen) atoms. The number of hydrogen-bond donors (Lipinski definition) is 1. The number of allylic oxidation sites excluding steroid dienone is 3. The number of rotatable bonds is 24. The minimum absolute atomic E-state index is 0. The number of nitrogens with one attached hydrogen (secondary N) is 1. The number of amides is 3. The lowest BCUT2D eigenvalue weighted by atomic mass is 9.81. The minimum Gasteiger partial charge on any atom is -0.489 e. The van der Waals surface area contributed by atoms with E-state index in [0.717, 1.165) is 206 Å². The number of morpholine rings is 2. The van der Waals surface area contributed by atoms with Crippen LogP contribution in [0, 0.1) is 0 Å². The molecule has 3 amide bonds. The van der Waals surface area contributed by atoms with E-state index in [2.05, 4.69) is 128 Å². The van der Waals surface area contributed by atoms with Gasteiger partial charge in [0.05, 0.1) is 44.4 Å². The van der Waals surface area contributed by atoms with Crippen molar-refractivity contribution in [2.75, 3.05) is 91.8 Å². The zero-order valence-corrected chi connectivity index (χ0v) is 64.3. The molecule has 2 saturated carbocycles. The molecular weight excluding hydrogens is 1390 g/mol. The third-order valence-corrected chi connectivity index (χ3v) is 23.4. The maximum Gasteiger partial charge on any atom is 0.239 e. The Hall–Kier alpha value is -9.84. The van der Waals surface area contributed by atoms with Crippen LogP contribution in [0.5, 0.6) is 11.5 Å². The highest BCUT2D eigenvalue weighted by molar-refractivity contribution is 6.04. The van der Waals surface area contributed by atoms with Crippen molar-refractivity contribution in [2.45, 2.75) is 200 Å². The molecule has 584 valence electrons. The summed E-state index contributed by atoms with van der Waals surface area (Å²) in [7, 11) is 0. The molecule has 17 heteroatoms. The van der Waals surface area contributed by atoms with Gasteiger partial charge < -0.3 is 53.0 Å². The Labute approximate surface area is 656 Å². The van der Waals surface area contributed by atoms with Crippen molar-refractivity contribution < 1.29 is 47.7 Å². The van der Waals surface area contributed by atoms with Crippen LogP contribution in [-0.4, -0.2) is 116 Å². The van der Waals surface area contributed by atoms with Crippen molar-refractivity contribution in [3.8, 4) is 34.0 Å². The minimum atomic E-state index is -0.0724. The summed E-state index contributed by atoms with van der Waals surface area (Å²) in [5.74, 6) is 3.00. The molecule has 4 saturated heterocycles. The molecule has 6 fully saturated rings. The number of ketones is 3. The van der Waals surface area contributed by atoms with Gasteiger partial charge in [-0.1, -0.05) is 94.5 Å². The Morgan fingerprint density at radius 2 is 1.03 bits per heavy atom. The lowest BCUT2D eigenvalue weighted by Gasteiger charge is -2.31. The molecular formula is C94H113N7O10. The van der Waals surface area contributed by atoms with Gasteiger partial charge in [0.15, 0.2) is 17.3 Å². The van der Waals surface area contributed by atoms with E-state index in [1.165, 1.54) is 55.0 Å². The second kappa shape index (κ2) is 38.4. The zero-order chi connectivity index (χ0) is 75.7. The maximum absolute atomic E-state index is 13.7. The molecule has 6 aromatic carbocycles. The summed E-state index contributed by atoms with van der Waals surface area (Å²) in [6.45, 7) is 16.7. The summed E-state index contributed by atoms with van der Waals surface area (Å²) < 4.78 is 28.7. The van der Waals surface area contributed by atoms with Gasteiger partial charge in [0, 0.05) is 145 Å². The average Bonchev–Trinajstić information content (AvgIpc) is 1.59. The molecule has 0 unspecified atom stereocenters. The van der Waals surface area contributed by atoms with Crippen molar-refractivity contribution in [2.24, 2.45) is 0 Å². The number of ether oxygens (including phenoxy) is 4. The number of unbranched alkanes of at least 4 members (excludes halogenated alkanes) is 1. The van der Waals surface area contributed by atoms with Gasteiger partial charge in [-0.3, -0.25) is 28.8 Å². The normalized spacial score (nSPS) is 18.0. The van der Waals surface area contributed by atoms with E-state index in [4.69, 9.17) is 18.9 Å². The van der Waals surface area contributed by atoms with Crippen LogP contribution in [0.2, 0.25) is 0 Å². The van der Waals surface area contributed by atoms with Gasteiger partial charge in [0.2, 0.25) is 17.7 Å². The molecule has 0 radical (unpaired) electrons. The molecule has 7 aliphatic rings. The van der Waals surface area contributed by atoms with E-state index in [-0.39, 0.29) is 49.0 Å². The van der Waals surface area contributed by atoms with Crippen LogP contribution in [0.4, 0.5) is 22.7 Å². The smallest absolute Gasteiger partial charge is 0.239 e. The molecule has 15 rings (SSSR count). The largest absolute Gasteiger partial charge is 0.489 e. The maximum atomic E-state index is 13.7. The second-order valence-corrected chi connectivity index (χ2v) is 30.8. The highest BCUT2D eigenvalue weighted by Gasteiger charge is 2.32. The van der Waals surface area contributed by atoms with Gasteiger partial charge in [0.1, 0.15) is 31.3 Å². The van der Waals surface area contributed by atoms with E-state index >= 15 is 0 Å². The first-order chi connectivity index (χ1) is 54.0. The van der Waals surface area contributed by atoms with E-state index in [1.54, 1.807) is 6.08 Å². The van der Waals surface area contributed by atoms with Gasteiger partial charge in [0.25, 0.3) is 0 Å². The van der Waals surface area contributed by atoms with Crippen molar-refractivity contribution >= 4 is 79.6 Å². The third-order valence-electron chi connectivity index (χ3n) is 23.4. The highest BCUT2D eigenvalue weighted by atomic mass is 16.5. The zero-order valence-electron chi connectivity index (χ0n) is 64.3. The second-order valence-electron chi connectivity index (χ2n) is 30.8. The Morgan fingerprint density at radius 1 is 0.514 bits per heavy atom. The van der Waals surface area contributed by atoms with Crippen LogP contribution >= 0.6 is 0 Å². The Balaban J connectivity index is 0.000000193. The molecule has 2 aromatic heterocycles. The Bertz CT molecular complexity index is 4640. The number of carbonyl (C=O) groups is 6. The number of benzene rings is 6. The van der Waals surface area contributed by atoms with Crippen LogP contribution in [0.3, 0.4) is 0 Å². The van der Waals surface area contributed by atoms with Gasteiger partial charge in [-0.25, -0.2) is 0 Å². The first-order valence-electron chi connectivity index (χ1n) is 41.0. The first kappa shape index (κ1) is 79.3. The van der Waals surface area contributed by atoms with Crippen molar-refractivity contribution in [1.29, 1.82) is 0 Å². The Kier molecular flexibility index (Phi) is 27.4. The topological polar surface area (TPSA) is 174 Å². The fraction of sp³-hybridized carbons (Fsp3) is 0.447. The van der Waals surface area contributed by atoms with Gasteiger partial charge in [-0.2, -0.15) is 0 Å². The number of fused-ring (bicyclic) bond motifs is 2. The van der Waals surface area contributed by atoms with Crippen LogP contribution in [0.15, 0.2) is 159 Å². The van der Waals surface area contributed by atoms with Crippen LogP contribution in [-0.2, 0) is 55.0 Å². The molecule has 1 N–H and O–H groups in total. The predicted molar refractivity (Wildman–Crippen MR) is 446 cm³/mol. The van der Waals surface area contributed by atoms with Gasteiger partial charge in [-0.15, -0.1) is 13.2 Å². The first-order valence-corrected chi connectivity index (χ1v) is 41.0. The molecule has 2 aliphatic carbocycles. The summed E-state index contributed by atoms with van der Waals surface area (Å²) in [5, 5.41) is 5.35. The van der Waals surface area contributed by atoms with Crippen molar-refractivity contribution in [1.82, 2.24) is 14.5 Å². The summed E-state index contributed by atoms with van der Waals surface area (Å²) in [6, 6.07) is 41.5. The molecule has 0 atom stereocenters. The summed E-state index contributed by atoms with van der Waals surface area (Å²) >= 11 is 0. The van der Waals surface area contributed by atoms with E-state index < -0.39 is 0 Å². The summed E-state index contributed by atoms with van der Waals surface area (Å²) in [4.78, 5) is 87.7. The number of carbonyl (C=O) groups excluding carboxylic acids is 6. The van der Waals surface area contributed by atoms with Crippen molar-refractivity contribution in [3.05, 3.63) is 192 Å². The number of aromatic nitrogens is 2. The van der Waals surface area contributed by atoms with Gasteiger partial charge in [-0.05, 0) is 215 Å². The standard InChI is InChI=1S/C47H56N4O5.C46H53N3O5.CH4/c1-3-5-8-14-43(52)36-18-22-40-42(31-36)51(32-44(53)48-24-6-4-2)47(46(40)34-12-9-7-10-13-34)35-16-20-39(21-17-35)56-33-37-30-38(50-25-11-15-45(50)54)19-23-41(37)49-26-28-55-29-27-49;50-38-13-8-3-1-2-4-9-14-43(51)35-18-22-40-42(30-35)49(31-38)46(45(40)33-11-6-5-7-12-33)34-16-20-39(21-17-34)54-32-36-29-37(48-24-10-15-44(48)52)19-23-41(36)47-25-27-53-28-26-47;/h3-4,16-23,30-31,34H,1-2,5-15,24-29,32-33H2,(H,48,53);1-2,16-23,29-30,33H,3-15,24-28,31-32H2;1H4/b;2-1-;. The molecule has 2 bridgehead atoms. The number of anilines is 4. The fourth-order valence-corrected chi connectivity index (χ4v) is 17.7. The van der Waals surface area contributed by atoms with Crippen LogP contribution < -0.4 is 34.4 Å².